The number of nitrogens with two attached hydrogens (primary N) is 2. The molecule has 9 heteroatoms. The summed E-state index contributed by atoms with van der Waals surface area (Å²) in [6.45, 7) is 0. The second-order valence-electron chi connectivity index (χ2n) is 2.85. The van der Waals surface area contributed by atoms with Crippen LogP contribution in [0, 0.1) is 10.1 Å². The van der Waals surface area contributed by atoms with Gasteiger partial charge < -0.3 is 11.5 Å². The Morgan fingerprint density at radius 1 is 1.53 bits per heavy atom. The predicted molar refractivity (Wildman–Crippen MR) is 69.2 cm³/mol. The first-order chi connectivity index (χ1) is 7.91. The van der Waals surface area contributed by atoms with E-state index in [1.54, 1.807) is 0 Å². The normalized spacial score (nSPS) is 10.5. The van der Waals surface area contributed by atoms with Crippen LogP contribution in [0.5, 0.6) is 0 Å². The smallest absolute Gasteiger partial charge is 0.285 e. The zero-order chi connectivity index (χ0) is 13.0. The Balaban J connectivity index is 3.21. The fourth-order valence-corrected chi connectivity index (χ4v) is 1.68. The summed E-state index contributed by atoms with van der Waals surface area (Å²) in [4.78, 5) is 10.2. The highest BCUT2D eigenvalue weighted by atomic mass is 79.9. The summed E-state index contributed by atoms with van der Waals surface area (Å²) in [7, 11) is 0. The number of hydrogen-bond donors (Lipinski definition) is 2. The summed E-state index contributed by atoms with van der Waals surface area (Å²) in [6, 6.07) is 2.72. The third-order valence-electron chi connectivity index (χ3n) is 1.61. The zero-order valence-electron chi connectivity index (χ0n) is 8.30. The van der Waals surface area contributed by atoms with Crippen molar-refractivity contribution >= 4 is 45.4 Å². The van der Waals surface area contributed by atoms with Crippen molar-refractivity contribution in [3.63, 3.8) is 0 Å². The van der Waals surface area contributed by atoms with E-state index in [4.69, 9.17) is 23.1 Å². The standard InChI is InChI=1S/C8H7BrClN5O2/c9-7-4(3-13-14-8(11)12)1-5(10)2-6(7)15(16)17/h1-3H,(H4,11,12,14)/b13-3+. The zero-order valence-corrected chi connectivity index (χ0v) is 10.6. The summed E-state index contributed by atoms with van der Waals surface area (Å²) >= 11 is 8.82. The first-order valence-corrected chi connectivity index (χ1v) is 5.34. The molecular formula is C8H7BrClN5O2. The predicted octanol–water partition coefficient (Wildman–Crippen LogP) is 1.62. The Morgan fingerprint density at radius 2 is 2.18 bits per heavy atom. The van der Waals surface area contributed by atoms with Gasteiger partial charge in [0.1, 0.15) is 4.47 Å². The largest absolute Gasteiger partial charge is 0.369 e. The maximum absolute atomic E-state index is 10.7. The van der Waals surface area contributed by atoms with Crippen molar-refractivity contribution in [3.8, 4) is 0 Å². The van der Waals surface area contributed by atoms with E-state index in [-0.39, 0.29) is 21.1 Å². The minimum atomic E-state index is -0.562. The van der Waals surface area contributed by atoms with Crippen molar-refractivity contribution < 1.29 is 4.92 Å². The lowest BCUT2D eigenvalue weighted by atomic mass is 10.2. The van der Waals surface area contributed by atoms with Gasteiger partial charge >= 0.3 is 0 Å². The third-order valence-corrected chi connectivity index (χ3v) is 2.70. The summed E-state index contributed by atoms with van der Waals surface area (Å²) in [5, 5.41) is 17.8. The summed E-state index contributed by atoms with van der Waals surface area (Å²) in [5.74, 6) is -0.214. The van der Waals surface area contributed by atoms with Gasteiger partial charge in [0.2, 0.25) is 5.96 Å². The Bertz CT molecular complexity index is 513. The van der Waals surface area contributed by atoms with Gasteiger partial charge in [0.25, 0.3) is 5.69 Å². The molecule has 0 unspecified atom stereocenters. The van der Waals surface area contributed by atoms with Crippen LogP contribution in [-0.4, -0.2) is 17.1 Å². The molecule has 1 aromatic carbocycles. The molecule has 0 amide bonds. The Kier molecular flexibility index (Phi) is 4.41. The molecule has 0 atom stereocenters. The fraction of sp³-hybridized carbons (Fsp3) is 0. The first-order valence-electron chi connectivity index (χ1n) is 4.17. The molecule has 1 aromatic rings. The molecule has 0 saturated heterocycles. The molecule has 0 heterocycles. The molecule has 0 saturated carbocycles. The molecule has 0 aromatic heterocycles. The molecule has 90 valence electrons. The van der Waals surface area contributed by atoms with Crippen molar-refractivity contribution in [2.24, 2.45) is 21.7 Å². The number of nitro groups is 1. The molecule has 4 N–H and O–H groups in total. The highest BCUT2D eigenvalue weighted by Gasteiger charge is 2.16. The Hall–Kier alpha value is -1.67. The van der Waals surface area contributed by atoms with E-state index in [0.29, 0.717) is 5.56 Å². The van der Waals surface area contributed by atoms with E-state index in [1.165, 1.54) is 18.3 Å². The lowest BCUT2D eigenvalue weighted by molar-refractivity contribution is -0.385. The first kappa shape index (κ1) is 13.4. The lowest BCUT2D eigenvalue weighted by Gasteiger charge is -2.00. The van der Waals surface area contributed by atoms with Crippen molar-refractivity contribution in [2.45, 2.75) is 0 Å². The molecule has 0 bridgehead atoms. The molecule has 0 aliphatic heterocycles. The molecule has 1 rings (SSSR count). The minimum absolute atomic E-state index is 0.163. The highest BCUT2D eigenvalue weighted by molar-refractivity contribution is 9.10. The van der Waals surface area contributed by atoms with Gasteiger partial charge in [-0.05, 0) is 22.0 Å². The van der Waals surface area contributed by atoms with Crippen LogP contribution in [0.15, 0.2) is 26.8 Å². The number of halogens is 2. The van der Waals surface area contributed by atoms with Gasteiger partial charge in [-0.2, -0.15) is 5.10 Å². The Labute approximate surface area is 109 Å². The van der Waals surface area contributed by atoms with Crippen LogP contribution in [0.2, 0.25) is 5.02 Å². The third kappa shape index (κ3) is 3.68. The van der Waals surface area contributed by atoms with E-state index in [0.717, 1.165) is 0 Å². The molecule has 17 heavy (non-hydrogen) atoms. The molecule has 7 nitrogen and oxygen atoms in total. The monoisotopic (exact) mass is 319 g/mol. The van der Waals surface area contributed by atoms with Crippen molar-refractivity contribution in [3.05, 3.63) is 37.3 Å². The van der Waals surface area contributed by atoms with E-state index in [2.05, 4.69) is 26.1 Å². The maximum atomic E-state index is 10.7. The average molecular weight is 321 g/mol. The van der Waals surface area contributed by atoms with Crippen molar-refractivity contribution in [1.82, 2.24) is 0 Å². The topological polar surface area (TPSA) is 120 Å². The second kappa shape index (κ2) is 5.60. The van der Waals surface area contributed by atoms with Crippen LogP contribution < -0.4 is 11.5 Å². The van der Waals surface area contributed by atoms with Gasteiger partial charge in [0.05, 0.1) is 11.1 Å². The van der Waals surface area contributed by atoms with E-state index < -0.39 is 4.92 Å². The molecule has 0 fully saturated rings. The van der Waals surface area contributed by atoms with Gasteiger partial charge in [-0.1, -0.05) is 11.6 Å². The van der Waals surface area contributed by atoms with Gasteiger partial charge in [-0.3, -0.25) is 10.1 Å². The lowest BCUT2D eigenvalue weighted by Crippen LogP contribution is -2.21. The van der Waals surface area contributed by atoms with Crippen LogP contribution in [0.4, 0.5) is 5.69 Å². The van der Waals surface area contributed by atoms with Crippen molar-refractivity contribution in [2.75, 3.05) is 0 Å². The van der Waals surface area contributed by atoms with Crippen LogP contribution in [-0.2, 0) is 0 Å². The average Bonchev–Trinajstić information content (AvgIpc) is 2.21. The molecule has 0 radical (unpaired) electrons. The number of guanidine groups is 1. The SMILES string of the molecule is NC(N)=N/N=C/c1cc(Cl)cc([N+](=O)[O-])c1Br. The molecular weight excluding hydrogens is 313 g/mol. The quantitative estimate of drug-likeness (QED) is 0.380. The van der Waals surface area contributed by atoms with Crippen LogP contribution in [0.3, 0.4) is 0 Å². The summed E-state index contributed by atoms with van der Waals surface area (Å²) < 4.78 is 0.251. The number of benzene rings is 1. The second-order valence-corrected chi connectivity index (χ2v) is 4.08. The molecule has 0 aliphatic rings. The summed E-state index contributed by atoms with van der Waals surface area (Å²) in [6.07, 6.45) is 1.25. The highest BCUT2D eigenvalue weighted by Crippen LogP contribution is 2.31. The molecule has 0 aliphatic carbocycles. The minimum Gasteiger partial charge on any atom is -0.369 e. The number of rotatable bonds is 3. The van der Waals surface area contributed by atoms with Crippen LogP contribution in [0.1, 0.15) is 5.56 Å². The van der Waals surface area contributed by atoms with Gasteiger partial charge in [-0.15, -0.1) is 5.10 Å². The molecule has 0 spiro atoms. The van der Waals surface area contributed by atoms with Crippen LogP contribution >= 0.6 is 27.5 Å². The van der Waals surface area contributed by atoms with E-state index in [9.17, 15) is 10.1 Å². The van der Waals surface area contributed by atoms with Gasteiger partial charge in [0.15, 0.2) is 0 Å². The van der Waals surface area contributed by atoms with Crippen LogP contribution in [0.25, 0.3) is 0 Å². The van der Waals surface area contributed by atoms with E-state index in [1.807, 2.05) is 0 Å². The number of nitrogens with zero attached hydrogens (tertiary/aromatic N) is 3. The van der Waals surface area contributed by atoms with Crippen molar-refractivity contribution in [1.29, 1.82) is 0 Å². The number of hydrogen-bond acceptors (Lipinski definition) is 4. The summed E-state index contributed by atoms with van der Waals surface area (Å²) in [5.41, 5.74) is 10.4. The van der Waals surface area contributed by atoms with Gasteiger partial charge in [0, 0.05) is 16.7 Å². The number of nitro benzene ring substituents is 1. The maximum Gasteiger partial charge on any atom is 0.285 e. The Morgan fingerprint density at radius 3 is 2.71 bits per heavy atom. The van der Waals surface area contributed by atoms with E-state index >= 15 is 0 Å². The fourth-order valence-electron chi connectivity index (χ4n) is 0.980. The van der Waals surface area contributed by atoms with Gasteiger partial charge in [-0.25, -0.2) is 0 Å².